The van der Waals surface area contributed by atoms with Crippen molar-refractivity contribution >= 4 is 0 Å². The van der Waals surface area contributed by atoms with Crippen LogP contribution in [0.25, 0.3) is 11.1 Å². The Labute approximate surface area is 359 Å². The van der Waals surface area contributed by atoms with E-state index in [9.17, 15) is 0 Å². The molecule has 8 bridgehead atoms. The van der Waals surface area contributed by atoms with Crippen LogP contribution in [0.1, 0.15) is 166 Å². The molecule has 0 saturated heterocycles. The Morgan fingerprint density at radius 3 is 1.48 bits per heavy atom. The molecule has 2 aromatic rings. The van der Waals surface area contributed by atoms with Crippen LogP contribution in [-0.2, 0) is 37.0 Å². The van der Waals surface area contributed by atoms with Crippen molar-refractivity contribution in [3.63, 3.8) is 0 Å². The fourth-order valence-corrected chi connectivity index (χ4v) is 17.5. The molecule has 0 aliphatic heterocycles. The van der Waals surface area contributed by atoms with E-state index in [0.29, 0.717) is 16.7 Å². The van der Waals surface area contributed by atoms with Crippen LogP contribution < -0.4 is 24.8 Å². The van der Waals surface area contributed by atoms with E-state index in [1.165, 1.54) is 103 Å². The molecule has 0 radical (unpaired) electrons. The van der Waals surface area contributed by atoms with Crippen LogP contribution in [0.4, 0.5) is 0 Å². The molecule has 12 aliphatic rings. The van der Waals surface area contributed by atoms with Gasteiger partial charge in [0.25, 0.3) is 0 Å². The van der Waals surface area contributed by atoms with Gasteiger partial charge in [-0.1, -0.05) is 94.7 Å². The van der Waals surface area contributed by atoms with E-state index < -0.39 is 0 Å². The molecule has 0 N–H and O–H groups in total. The van der Waals surface area contributed by atoms with Crippen molar-refractivity contribution < 1.29 is 51.0 Å². The molecule has 0 heterocycles. The summed E-state index contributed by atoms with van der Waals surface area (Å²) < 4.78 is 0. The molecule has 4 unspecified atom stereocenters. The molecule has 9 fully saturated rings. The summed E-state index contributed by atoms with van der Waals surface area (Å²) >= 11 is 0. The van der Waals surface area contributed by atoms with Crippen molar-refractivity contribution in [1.82, 2.24) is 0 Å². The van der Waals surface area contributed by atoms with Gasteiger partial charge in [0.2, 0.25) is 0 Å². The topological polar surface area (TPSA) is 0 Å². The number of halogens is 2. The Morgan fingerprint density at radius 1 is 0.611 bits per heavy atom. The monoisotopic (exact) mass is 836 g/mol. The van der Waals surface area contributed by atoms with Crippen LogP contribution in [0.5, 0.6) is 0 Å². The largest absolute Gasteiger partial charge is 2.00 e. The molecule has 2 aromatic carbocycles. The molecule has 12 aliphatic carbocycles. The first-order chi connectivity index (χ1) is 24.5. The summed E-state index contributed by atoms with van der Waals surface area (Å²) in [4.78, 5) is 0. The quantitative estimate of drug-likeness (QED) is 0.301. The predicted octanol–water partition coefficient (Wildman–Crippen LogP) is 7.49. The molecule has 9 saturated carbocycles. The molecule has 4 atom stereocenters. The number of rotatable bonds is 3. The van der Waals surface area contributed by atoms with E-state index in [1.807, 2.05) is 5.57 Å². The van der Waals surface area contributed by atoms with Gasteiger partial charge < -0.3 is 24.8 Å². The SMILES string of the molecule is CC1CCC2C(C1)C1=C(C=C(C(C)(C)C)C1)C2(C)C1c2ccc(C34CC5CC(CC(C5)C3)C4)cc2-c2cc(C34CC5CC(CC(C5)C3)C4)ccc21.[Cl-].[Cl-].[Zr+2]. The Bertz CT molecular complexity index is 1760. The molecular weight excluding hydrogens is 775 g/mol. The maximum Gasteiger partial charge on any atom is 2.00 e. The average Bonchev–Trinajstić information content (AvgIpc) is 3.73. The first-order valence-electron chi connectivity index (χ1n) is 22.2. The first kappa shape index (κ1) is 38.9. The van der Waals surface area contributed by atoms with E-state index in [4.69, 9.17) is 0 Å². The zero-order valence-corrected chi connectivity index (χ0v) is 37.9. The third-order valence-corrected chi connectivity index (χ3v) is 18.8. The van der Waals surface area contributed by atoms with Crippen LogP contribution >= 0.6 is 0 Å². The molecule has 0 aromatic heterocycles. The standard InChI is InChI=1S/C51H64.2ClH.Zr/c1-29-6-11-45-43(12-29)44-21-38(48(2,3)4)22-46(44)49(45,5)47-39-9-7-36(50-23-30-13-31(24-50)15-32(14-30)25-50)19-41(39)42-20-37(8-10-40(42)47)51-26-33-16-34(27-51)18-35(17-33)28-51;;;/h7-10,19-20,22,29-35,43,45,47H,6,11-18,21,23-28H2,1-5H3;2*1H;/q;;;+2/p-2. The van der Waals surface area contributed by atoms with Crippen LogP contribution in [-0.4, -0.2) is 0 Å². The maximum atomic E-state index is 2.85. The number of hydrogen-bond donors (Lipinski definition) is 0. The van der Waals surface area contributed by atoms with Gasteiger partial charge in [-0.25, -0.2) is 0 Å². The third kappa shape index (κ3) is 5.33. The predicted molar refractivity (Wildman–Crippen MR) is 211 cm³/mol. The van der Waals surface area contributed by atoms with Crippen LogP contribution in [0.2, 0.25) is 0 Å². The van der Waals surface area contributed by atoms with Gasteiger partial charge in [-0.15, -0.1) is 0 Å². The average molecular weight is 839 g/mol. The van der Waals surface area contributed by atoms with Gasteiger partial charge in [-0.05, 0) is 205 Å². The molecule has 286 valence electrons. The minimum Gasteiger partial charge on any atom is -1.00 e. The van der Waals surface area contributed by atoms with Gasteiger partial charge in [-0.3, -0.25) is 0 Å². The van der Waals surface area contributed by atoms with Crippen molar-refractivity contribution in [2.24, 2.45) is 64.1 Å². The summed E-state index contributed by atoms with van der Waals surface area (Å²) in [6.45, 7) is 12.7. The fraction of sp³-hybridized carbons (Fsp3) is 0.686. The fourth-order valence-electron chi connectivity index (χ4n) is 17.5. The second kappa shape index (κ2) is 12.9. The van der Waals surface area contributed by atoms with E-state index in [2.05, 4.69) is 77.1 Å². The molecule has 0 spiro atoms. The summed E-state index contributed by atoms with van der Waals surface area (Å²) in [7, 11) is 0. The summed E-state index contributed by atoms with van der Waals surface area (Å²) in [5.74, 6) is 8.83. The molecule has 3 heteroatoms. The van der Waals surface area contributed by atoms with E-state index >= 15 is 0 Å². The molecule has 0 amide bonds. The minimum atomic E-state index is 0. The van der Waals surface area contributed by atoms with Gasteiger partial charge in [0.1, 0.15) is 0 Å². The number of hydrogen-bond acceptors (Lipinski definition) is 0. The van der Waals surface area contributed by atoms with Gasteiger partial charge >= 0.3 is 26.2 Å². The Kier molecular flexibility index (Phi) is 9.32. The second-order valence-electron chi connectivity index (χ2n) is 22.9. The van der Waals surface area contributed by atoms with Gasteiger partial charge in [-0.2, -0.15) is 0 Å². The van der Waals surface area contributed by atoms with E-state index in [0.717, 1.165) is 53.3 Å². The summed E-state index contributed by atoms with van der Waals surface area (Å²) in [6, 6.07) is 16.6. The van der Waals surface area contributed by atoms with Gasteiger partial charge in [0, 0.05) is 11.3 Å². The Morgan fingerprint density at radius 2 is 1.06 bits per heavy atom. The van der Waals surface area contributed by atoms with Crippen LogP contribution in [0.15, 0.2) is 59.2 Å². The normalized spacial score (nSPS) is 44.1. The summed E-state index contributed by atoms with van der Waals surface area (Å²) in [6.07, 6.45) is 26.3. The second-order valence-corrected chi connectivity index (χ2v) is 22.9. The van der Waals surface area contributed by atoms with Crippen LogP contribution in [0.3, 0.4) is 0 Å². The van der Waals surface area contributed by atoms with E-state index in [1.54, 1.807) is 44.5 Å². The van der Waals surface area contributed by atoms with Crippen LogP contribution in [0, 0.1) is 64.1 Å². The van der Waals surface area contributed by atoms with Crippen molar-refractivity contribution in [1.29, 1.82) is 0 Å². The van der Waals surface area contributed by atoms with Gasteiger partial charge in [0.15, 0.2) is 0 Å². The maximum absolute atomic E-state index is 2.85. The zero-order valence-electron chi connectivity index (χ0n) is 33.9. The molecule has 54 heavy (non-hydrogen) atoms. The minimum absolute atomic E-state index is 0. The van der Waals surface area contributed by atoms with Crippen molar-refractivity contribution in [2.45, 2.75) is 154 Å². The number of benzene rings is 2. The summed E-state index contributed by atoms with van der Waals surface area (Å²) in [5.41, 5.74) is 16.9. The zero-order chi connectivity index (χ0) is 34.2. The van der Waals surface area contributed by atoms with Crippen molar-refractivity contribution in [3.8, 4) is 11.1 Å². The smallest absolute Gasteiger partial charge is 1.00 e. The first-order valence-corrected chi connectivity index (χ1v) is 22.2. The summed E-state index contributed by atoms with van der Waals surface area (Å²) in [5, 5.41) is 0. The molecular formula is C51H64Cl2Zr. The third-order valence-electron chi connectivity index (χ3n) is 18.8. The molecule has 14 rings (SSSR count). The van der Waals surface area contributed by atoms with E-state index in [-0.39, 0.29) is 61.8 Å². The van der Waals surface area contributed by atoms with Gasteiger partial charge in [0.05, 0.1) is 0 Å². The van der Waals surface area contributed by atoms with Crippen molar-refractivity contribution in [3.05, 3.63) is 81.4 Å². The molecule has 0 nitrogen and oxygen atoms in total. The number of allylic oxidation sites excluding steroid dienone is 4. The Hall–Kier alpha value is -0.617. The van der Waals surface area contributed by atoms with Crippen molar-refractivity contribution in [2.75, 3.05) is 0 Å². The Balaban J connectivity index is 0.00000128. The number of fused-ring (bicyclic) bond motifs is 5.